The molecule has 2 rings (SSSR count). The third-order valence-electron chi connectivity index (χ3n) is 4.97. The summed E-state index contributed by atoms with van der Waals surface area (Å²) >= 11 is 6.18. The first-order valence-electron chi connectivity index (χ1n) is 9.82. The normalized spacial score (nSPS) is 21.0. The molecule has 0 heterocycles. The minimum Gasteiger partial charge on any atom is -0.465 e. The Morgan fingerprint density at radius 3 is 2.67 bits per heavy atom. The van der Waals surface area contributed by atoms with Crippen molar-refractivity contribution in [3.05, 3.63) is 60.4 Å². The highest BCUT2D eigenvalue weighted by Gasteiger charge is 2.57. The van der Waals surface area contributed by atoms with Crippen LogP contribution in [0.15, 0.2) is 60.4 Å². The van der Waals surface area contributed by atoms with Gasteiger partial charge in [0.25, 0.3) is 5.79 Å². The van der Waals surface area contributed by atoms with Crippen molar-refractivity contribution in [2.45, 2.75) is 43.5 Å². The van der Waals surface area contributed by atoms with Crippen LogP contribution in [0.3, 0.4) is 0 Å². The van der Waals surface area contributed by atoms with Crippen LogP contribution in [0.5, 0.6) is 5.75 Å². The van der Waals surface area contributed by atoms with E-state index >= 15 is 0 Å². The summed E-state index contributed by atoms with van der Waals surface area (Å²) in [5.41, 5.74) is 2.62. The number of Topliss-reactive ketones (excluding diaryl/α,β-unsaturated/α-hetero) is 1. The highest BCUT2D eigenvalue weighted by atomic mass is 35.5. The van der Waals surface area contributed by atoms with Gasteiger partial charge in [0, 0.05) is 18.4 Å². The van der Waals surface area contributed by atoms with E-state index in [9.17, 15) is 19.8 Å². The second-order valence-corrected chi connectivity index (χ2v) is 7.62. The van der Waals surface area contributed by atoms with Crippen LogP contribution >= 0.6 is 11.6 Å². The Labute approximate surface area is 181 Å². The molecular weight excluding hydrogens is 408 g/mol. The summed E-state index contributed by atoms with van der Waals surface area (Å²) in [7, 11) is 1.05. The predicted molar refractivity (Wildman–Crippen MR) is 113 cm³/mol. The summed E-state index contributed by atoms with van der Waals surface area (Å²) in [6.45, 7) is 2.03. The number of hydrogen-bond donors (Lipinski definition) is 2. The van der Waals surface area contributed by atoms with E-state index in [1.165, 1.54) is 18.2 Å². The number of ether oxygens (including phenoxy) is 2. The maximum absolute atomic E-state index is 12.2. The van der Waals surface area contributed by atoms with E-state index < -0.39 is 16.8 Å². The number of rotatable bonds is 9. The molecule has 6 nitrogen and oxygen atoms in total. The van der Waals surface area contributed by atoms with E-state index in [1.807, 2.05) is 13.0 Å². The minimum atomic E-state index is -2.94. The van der Waals surface area contributed by atoms with Crippen molar-refractivity contribution in [2.24, 2.45) is 11.8 Å². The summed E-state index contributed by atoms with van der Waals surface area (Å²) in [6, 6.07) is 8.01. The van der Waals surface area contributed by atoms with Crippen LogP contribution in [0.25, 0.3) is 0 Å². The van der Waals surface area contributed by atoms with Gasteiger partial charge in [-0.25, -0.2) is 4.79 Å². The first kappa shape index (κ1) is 23.9. The molecule has 1 aliphatic rings. The number of allylic oxidation sites excluding steroid dienone is 2. The predicted octanol–water partition coefficient (Wildman–Crippen LogP) is 3.52. The fourth-order valence-corrected chi connectivity index (χ4v) is 3.51. The van der Waals surface area contributed by atoms with E-state index in [0.717, 1.165) is 26.0 Å². The average molecular weight is 435 g/mol. The molecule has 0 amide bonds. The molecule has 1 unspecified atom stereocenters. The van der Waals surface area contributed by atoms with Gasteiger partial charge in [-0.1, -0.05) is 48.9 Å². The molecule has 1 aliphatic carbocycles. The SMILES string of the molecule is CC/C=C/[C@H]1CCC(=O)[C@@H]1CC=C=CC([16OH])([16OH])C(Cl)(Oc1ccccc1)C(=O)OC. The van der Waals surface area contributed by atoms with Crippen LogP contribution in [0.2, 0.25) is 0 Å². The molecule has 0 bridgehead atoms. The molecule has 0 aliphatic heterocycles. The van der Waals surface area contributed by atoms with Gasteiger partial charge in [0.05, 0.1) is 7.11 Å². The fourth-order valence-electron chi connectivity index (χ4n) is 3.29. The lowest BCUT2D eigenvalue weighted by molar-refractivity contribution is -0.213. The van der Waals surface area contributed by atoms with E-state index in [1.54, 1.807) is 18.2 Å². The van der Waals surface area contributed by atoms with Crippen molar-refractivity contribution < 1.29 is 29.3 Å². The first-order chi connectivity index (χ1) is 14.2. The van der Waals surface area contributed by atoms with Gasteiger partial charge in [-0.05, 0) is 43.4 Å². The lowest BCUT2D eigenvalue weighted by Crippen LogP contribution is -2.58. The number of esters is 1. The van der Waals surface area contributed by atoms with Gasteiger partial charge in [-0.2, -0.15) is 0 Å². The lowest BCUT2D eigenvalue weighted by atomic mass is 9.91. The van der Waals surface area contributed by atoms with Crippen LogP contribution in [0, 0.1) is 11.8 Å². The molecule has 1 aromatic carbocycles. The molecule has 0 aromatic heterocycles. The second-order valence-electron chi connectivity index (χ2n) is 7.09. The number of ketones is 1. The summed E-state index contributed by atoms with van der Waals surface area (Å²) in [5, 5.41) is 18.3. The van der Waals surface area contributed by atoms with Crippen molar-refractivity contribution in [1.82, 2.24) is 0 Å². The molecule has 1 saturated carbocycles. The second kappa shape index (κ2) is 10.6. The molecule has 0 radical (unpaired) electrons. The van der Waals surface area contributed by atoms with E-state index in [-0.39, 0.29) is 23.4 Å². The van der Waals surface area contributed by atoms with Gasteiger partial charge in [-0.3, -0.25) is 4.79 Å². The number of aliphatic hydroxyl groups is 2. The molecule has 162 valence electrons. The van der Waals surface area contributed by atoms with Crippen molar-refractivity contribution in [1.29, 1.82) is 0 Å². The number of alkyl halides is 1. The Kier molecular flexibility index (Phi) is 8.44. The molecule has 30 heavy (non-hydrogen) atoms. The number of benzene rings is 1. The number of carbonyl (C=O) groups excluding carboxylic acids is 2. The Hall–Kier alpha value is -2.37. The topological polar surface area (TPSA) is 93.1 Å². The summed E-state index contributed by atoms with van der Waals surface area (Å²) in [5.74, 6) is -3.83. The Morgan fingerprint density at radius 2 is 2.03 bits per heavy atom. The zero-order valence-corrected chi connectivity index (χ0v) is 17.8. The average Bonchev–Trinajstić information content (AvgIpc) is 3.08. The van der Waals surface area contributed by atoms with Crippen molar-refractivity contribution in [2.75, 3.05) is 7.11 Å². The van der Waals surface area contributed by atoms with E-state index in [0.29, 0.717) is 12.8 Å². The summed E-state index contributed by atoms with van der Waals surface area (Å²) < 4.78 is 9.97. The van der Waals surface area contributed by atoms with Gasteiger partial charge in [0.15, 0.2) is 0 Å². The zero-order chi connectivity index (χ0) is 22.2. The standard InChI is InChI=1S/C23H27ClO6/c1-3-4-10-17-14-15-20(25)19(17)13-8-9-16-22(27,28)23(24,21(26)29-2)30-18-11-6-5-7-12-18/h4-8,10-12,16-17,19,27-28H,3,13-15H2,1-2H3/b10-4+/t9?,17-,19+,23?/m0/s1/i27+0,28+0. The Morgan fingerprint density at radius 1 is 1.33 bits per heavy atom. The Bertz CT molecular complexity index is 825. The lowest BCUT2D eigenvalue weighted by Gasteiger charge is -2.33. The molecule has 1 fully saturated rings. The summed E-state index contributed by atoms with van der Waals surface area (Å²) in [6.07, 6.45) is 9.07. The number of halogens is 1. The fraction of sp³-hybridized carbons (Fsp3) is 0.435. The molecule has 0 saturated heterocycles. The number of carbonyl (C=O) groups is 2. The quantitative estimate of drug-likeness (QED) is 0.203. The van der Waals surface area contributed by atoms with Crippen LogP contribution in [0.4, 0.5) is 0 Å². The molecule has 0 spiro atoms. The van der Waals surface area contributed by atoms with Gasteiger partial charge < -0.3 is 19.7 Å². The van der Waals surface area contributed by atoms with E-state index in [4.69, 9.17) is 16.3 Å². The van der Waals surface area contributed by atoms with Crippen molar-refractivity contribution in [3.8, 4) is 5.75 Å². The van der Waals surface area contributed by atoms with Crippen LogP contribution < -0.4 is 4.74 Å². The first-order valence-corrected chi connectivity index (χ1v) is 10.2. The van der Waals surface area contributed by atoms with Gasteiger partial charge in [-0.15, -0.1) is 5.73 Å². The molecule has 2 N–H and O–H groups in total. The molecule has 3 atom stereocenters. The highest BCUT2D eigenvalue weighted by molar-refractivity contribution is 6.34. The summed E-state index contributed by atoms with van der Waals surface area (Å²) in [4.78, 5) is 24.3. The smallest absolute Gasteiger partial charge is 0.372 e. The third kappa shape index (κ3) is 5.61. The largest absolute Gasteiger partial charge is 0.465 e. The highest BCUT2D eigenvalue weighted by Crippen LogP contribution is 2.34. The zero-order valence-electron chi connectivity index (χ0n) is 17.1. The molecular formula is C23H27ClO6. The molecule has 1 aromatic rings. The van der Waals surface area contributed by atoms with Crippen LogP contribution in [0.1, 0.15) is 32.6 Å². The maximum atomic E-state index is 12.2. The maximum Gasteiger partial charge on any atom is 0.372 e. The van der Waals surface area contributed by atoms with Gasteiger partial charge in [0.1, 0.15) is 11.5 Å². The van der Waals surface area contributed by atoms with Crippen LogP contribution in [-0.2, 0) is 14.3 Å². The van der Waals surface area contributed by atoms with Crippen molar-refractivity contribution >= 4 is 23.4 Å². The molecule has 7 heteroatoms. The monoisotopic (exact) mass is 434 g/mol. The van der Waals surface area contributed by atoms with E-state index in [2.05, 4.69) is 16.5 Å². The van der Waals surface area contributed by atoms with Crippen LogP contribution in [-0.4, -0.2) is 39.9 Å². The number of methoxy groups -OCH3 is 1. The van der Waals surface area contributed by atoms with Gasteiger partial charge >= 0.3 is 11.0 Å². The van der Waals surface area contributed by atoms with Gasteiger partial charge in [0.2, 0.25) is 0 Å². The number of para-hydroxylation sites is 1. The third-order valence-corrected chi connectivity index (χ3v) is 5.48. The number of hydrogen-bond acceptors (Lipinski definition) is 6. The Balaban J connectivity index is 2.19. The minimum absolute atomic E-state index is 0.143. The van der Waals surface area contributed by atoms with Crippen molar-refractivity contribution in [3.63, 3.8) is 0 Å².